The normalized spacial score (nSPS) is 9.93. The number of phenolic OH excluding ortho intramolecular Hbond substituents is 1. The Balaban J connectivity index is 3.14. The van der Waals surface area contributed by atoms with Crippen LogP contribution in [-0.4, -0.2) is 10.0 Å². The molecule has 70 valence electrons. The van der Waals surface area contributed by atoms with E-state index in [2.05, 4.69) is 0 Å². The average molecular weight is 190 g/mol. The van der Waals surface area contributed by atoms with Crippen molar-refractivity contribution in [2.75, 3.05) is 0 Å². The van der Waals surface area contributed by atoms with Crippen LogP contribution < -0.4 is 0 Å². The van der Waals surface area contributed by atoms with Crippen LogP contribution in [0.4, 0.5) is 5.69 Å². The third kappa shape index (κ3) is 2.08. The molecule has 1 rings (SSSR count). The van der Waals surface area contributed by atoms with Crippen LogP contribution in [0.2, 0.25) is 0 Å². The number of benzene rings is 1. The Labute approximate surface area is 79.7 Å². The minimum Gasteiger partial charge on any atom is -0.502 e. The van der Waals surface area contributed by atoms with E-state index < -0.39 is 4.92 Å². The van der Waals surface area contributed by atoms with Crippen molar-refractivity contribution < 1.29 is 10.0 Å². The number of nitro benzene ring substituents is 1. The lowest BCUT2D eigenvalue weighted by atomic mass is 10.2. The molecule has 0 aliphatic carbocycles. The molecule has 0 amide bonds. The van der Waals surface area contributed by atoms with Gasteiger partial charge in [0.2, 0.25) is 0 Å². The second-order valence-corrected chi connectivity index (χ2v) is 2.47. The van der Waals surface area contributed by atoms with E-state index in [1.165, 1.54) is 30.4 Å². The average Bonchev–Trinajstić information content (AvgIpc) is 2.16. The van der Waals surface area contributed by atoms with E-state index in [1.807, 2.05) is 0 Å². The molecular formula is C9H6N2O3. The third-order valence-corrected chi connectivity index (χ3v) is 1.55. The number of hydrogen-bond donors (Lipinski definition) is 1. The summed E-state index contributed by atoms with van der Waals surface area (Å²) in [6, 6.07) is 5.66. The van der Waals surface area contributed by atoms with Gasteiger partial charge in [0.1, 0.15) is 0 Å². The lowest BCUT2D eigenvalue weighted by Gasteiger charge is -1.96. The fraction of sp³-hybridized carbons (Fsp3) is 0. The highest BCUT2D eigenvalue weighted by Crippen LogP contribution is 2.26. The van der Waals surface area contributed by atoms with Crippen molar-refractivity contribution in [1.29, 1.82) is 5.26 Å². The zero-order chi connectivity index (χ0) is 10.6. The highest BCUT2D eigenvalue weighted by molar-refractivity contribution is 5.59. The lowest BCUT2D eigenvalue weighted by molar-refractivity contribution is -0.385. The summed E-state index contributed by atoms with van der Waals surface area (Å²) in [5, 5.41) is 27.7. The quantitative estimate of drug-likeness (QED) is 0.437. The van der Waals surface area contributed by atoms with Gasteiger partial charge in [-0.25, -0.2) is 0 Å². The number of aromatic hydroxyl groups is 1. The zero-order valence-corrected chi connectivity index (χ0v) is 7.04. The number of allylic oxidation sites excluding steroid dienone is 1. The summed E-state index contributed by atoms with van der Waals surface area (Å²) >= 11 is 0. The van der Waals surface area contributed by atoms with Gasteiger partial charge in [-0.05, 0) is 17.7 Å². The van der Waals surface area contributed by atoms with Gasteiger partial charge in [-0.1, -0.05) is 6.07 Å². The molecule has 0 fully saturated rings. The Morgan fingerprint density at radius 1 is 1.57 bits per heavy atom. The summed E-state index contributed by atoms with van der Waals surface area (Å²) in [5.74, 6) is -0.385. The van der Waals surface area contributed by atoms with E-state index >= 15 is 0 Å². The first-order valence-corrected chi connectivity index (χ1v) is 3.68. The first kappa shape index (κ1) is 9.74. The maximum Gasteiger partial charge on any atom is 0.311 e. The molecule has 1 aromatic rings. The van der Waals surface area contributed by atoms with Crippen LogP contribution in [0.3, 0.4) is 0 Å². The van der Waals surface area contributed by atoms with E-state index in [1.54, 1.807) is 6.07 Å². The number of nitrogens with zero attached hydrogens (tertiary/aromatic N) is 2. The number of nitro groups is 1. The molecule has 0 saturated carbocycles. The van der Waals surface area contributed by atoms with Crippen LogP contribution >= 0.6 is 0 Å². The molecule has 1 N–H and O–H groups in total. The van der Waals surface area contributed by atoms with E-state index in [0.717, 1.165) is 0 Å². The van der Waals surface area contributed by atoms with Crippen molar-refractivity contribution in [2.45, 2.75) is 0 Å². The van der Waals surface area contributed by atoms with Crippen LogP contribution in [0.25, 0.3) is 6.08 Å². The van der Waals surface area contributed by atoms with E-state index in [0.29, 0.717) is 5.56 Å². The van der Waals surface area contributed by atoms with Crippen LogP contribution in [0.5, 0.6) is 5.75 Å². The minimum absolute atomic E-state index is 0.370. The van der Waals surface area contributed by atoms with E-state index in [4.69, 9.17) is 10.4 Å². The molecule has 5 heteroatoms. The fourth-order valence-corrected chi connectivity index (χ4v) is 0.924. The highest BCUT2D eigenvalue weighted by atomic mass is 16.6. The topological polar surface area (TPSA) is 87.2 Å². The summed E-state index contributed by atoms with van der Waals surface area (Å²) in [5.41, 5.74) is 0.126. The molecule has 0 aliphatic rings. The number of nitriles is 1. The van der Waals surface area contributed by atoms with Gasteiger partial charge < -0.3 is 5.11 Å². The summed E-state index contributed by atoms with van der Waals surface area (Å²) in [6.45, 7) is 0. The Morgan fingerprint density at radius 2 is 2.29 bits per heavy atom. The molecule has 0 bridgehead atoms. The molecule has 0 atom stereocenters. The molecule has 0 radical (unpaired) electrons. The molecule has 0 saturated heterocycles. The first-order chi connectivity index (χ1) is 6.65. The van der Waals surface area contributed by atoms with Crippen molar-refractivity contribution in [1.82, 2.24) is 0 Å². The van der Waals surface area contributed by atoms with Gasteiger partial charge in [-0.2, -0.15) is 5.26 Å². The number of hydrogen-bond acceptors (Lipinski definition) is 4. The third-order valence-electron chi connectivity index (χ3n) is 1.55. The predicted molar refractivity (Wildman–Crippen MR) is 49.4 cm³/mol. The standard InChI is InChI=1S/C9H6N2O3/c10-5-1-2-7-3-4-9(12)8(6-7)11(13)14/h1-4,6,12H. The molecule has 0 unspecified atom stereocenters. The van der Waals surface area contributed by atoms with Gasteiger partial charge in [0, 0.05) is 12.1 Å². The SMILES string of the molecule is N#CC=Cc1ccc(O)c([N+](=O)[O-])c1. The maximum absolute atomic E-state index is 10.4. The highest BCUT2D eigenvalue weighted by Gasteiger charge is 2.12. The van der Waals surface area contributed by atoms with Gasteiger partial charge in [-0.15, -0.1) is 0 Å². The second-order valence-electron chi connectivity index (χ2n) is 2.47. The van der Waals surface area contributed by atoms with Gasteiger partial charge in [0.05, 0.1) is 11.0 Å². The fourth-order valence-electron chi connectivity index (χ4n) is 0.924. The van der Waals surface area contributed by atoms with Crippen LogP contribution in [0, 0.1) is 21.4 Å². The van der Waals surface area contributed by atoms with Crippen LogP contribution in [-0.2, 0) is 0 Å². The van der Waals surface area contributed by atoms with Gasteiger partial charge in [0.25, 0.3) is 0 Å². The Kier molecular flexibility index (Phi) is 2.82. The van der Waals surface area contributed by atoms with Crippen molar-refractivity contribution in [3.8, 4) is 11.8 Å². The molecule has 5 nitrogen and oxygen atoms in total. The van der Waals surface area contributed by atoms with Crippen LogP contribution in [0.15, 0.2) is 24.3 Å². The van der Waals surface area contributed by atoms with Gasteiger partial charge in [0.15, 0.2) is 5.75 Å². The lowest BCUT2D eigenvalue weighted by Crippen LogP contribution is -1.88. The number of rotatable bonds is 2. The van der Waals surface area contributed by atoms with Crippen molar-refractivity contribution in [3.63, 3.8) is 0 Å². The zero-order valence-electron chi connectivity index (χ0n) is 7.04. The summed E-state index contributed by atoms with van der Waals surface area (Å²) < 4.78 is 0. The van der Waals surface area contributed by atoms with Crippen molar-refractivity contribution in [3.05, 3.63) is 40.0 Å². The van der Waals surface area contributed by atoms with Gasteiger partial charge in [-0.3, -0.25) is 10.1 Å². The first-order valence-electron chi connectivity index (χ1n) is 3.68. The summed E-state index contributed by atoms with van der Waals surface area (Å²) in [6.07, 6.45) is 2.63. The Morgan fingerprint density at radius 3 is 2.86 bits per heavy atom. The second kappa shape index (κ2) is 4.05. The van der Waals surface area contributed by atoms with E-state index in [9.17, 15) is 10.1 Å². The Bertz CT molecular complexity index is 432. The summed E-state index contributed by atoms with van der Waals surface area (Å²) in [4.78, 5) is 9.72. The molecule has 0 aromatic heterocycles. The van der Waals surface area contributed by atoms with Gasteiger partial charge >= 0.3 is 5.69 Å². The molecule has 0 aliphatic heterocycles. The minimum atomic E-state index is -0.682. The Hall–Kier alpha value is -2.35. The van der Waals surface area contributed by atoms with Crippen molar-refractivity contribution in [2.24, 2.45) is 0 Å². The summed E-state index contributed by atoms with van der Waals surface area (Å²) in [7, 11) is 0. The van der Waals surface area contributed by atoms with Crippen molar-refractivity contribution >= 4 is 11.8 Å². The molecule has 1 aromatic carbocycles. The smallest absolute Gasteiger partial charge is 0.311 e. The largest absolute Gasteiger partial charge is 0.502 e. The van der Waals surface area contributed by atoms with Crippen LogP contribution in [0.1, 0.15) is 5.56 Å². The molecule has 0 heterocycles. The van der Waals surface area contributed by atoms with E-state index in [-0.39, 0.29) is 11.4 Å². The number of phenols is 1. The maximum atomic E-state index is 10.4. The molecule has 0 spiro atoms. The predicted octanol–water partition coefficient (Wildman–Crippen LogP) is 1.84. The molecule has 14 heavy (non-hydrogen) atoms. The molecular weight excluding hydrogens is 184 g/mol. The monoisotopic (exact) mass is 190 g/mol.